The number of fused-ring (bicyclic) bond motifs is 1. The summed E-state index contributed by atoms with van der Waals surface area (Å²) >= 11 is 3.65. The van der Waals surface area contributed by atoms with Crippen LogP contribution in [0, 0.1) is 20.8 Å². The second-order valence-electron chi connectivity index (χ2n) is 5.64. The van der Waals surface area contributed by atoms with Crippen molar-refractivity contribution >= 4 is 27.6 Å². The van der Waals surface area contributed by atoms with Crippen LogP contribution in [0.15, 0.2) is 18.3 Å². The fourth-order valence-electron chi connectivity index (χ4n) is 2.56. The van der Waals surface area contributed by atoms with E-state index in [9.17, 15) is 0 Å². The molecule has 0 spiro atoms. The van der Waals surface area contributed by atoms with E-state index in [-0.39, 0.29) is 0 Å². The monoisotopic (exact) mass is 319 g/mol. The van der Waals surface area contributed by atoms with Gasteiger partial charge >= 0.3 is 0 Å². The zero-order valence-electron chi connectivity index (χ0n) is 12.9. The highest BCUT2D eigenvalue weighted by molar-refractivity contribution is 7.17. The zero-order valence-corrected chi connectivity index (χ0v) is 14.6. The minimum Gasteiger partial charge on any atom is -0.308 e. The van der Waals surface area contributed by atoms with Gasteiger partial charge in [-0.05, 0) is 46.2 Å². The molecule has 0 aliphatic rings. The van der Waals surface area contributed by atoms with E-state index in [0.29, 0.717) is 6.04 Å². The van der Waals surface area contributed by atoms with E-state index in [1.807, 2.05) is 11.3 Å². The summed E-state index contributed by atoms with van der Waals surface area (Å²) in [5, 5.41) is 3.64. The molecule has 0 saturated heterocycles. The van der Waals surface area contributed by atoms with Gasteiger partial charge in [-0.1, -0.05) is 0 Å². The molecular weight excluding hydrogens is 298 g/mol. The van der Waals surface area contributed by atoms with E-state index in [0.717, 1.165) is 23.6 Å². The number of thiophene rings is 1. The van der Waals surface area contributed by atoms with Crippen LogP contribution in [0.2, 0.25) is 0 Å². The largest absolute Gasteiger partial charge is 0.308 e. The molecule has 0 aromatic carbocycles. The molecule has 21 heavy (non-hydrogen) atoms. The summed E-state index contributed by atoms with van der Waals surface area (Å²) in [6, 6.07) is 4.90. The molecule has 1 unspecified atom stereocenters. The Morgan fingerprint density at radius 2 is 2.00 bits per heavy atom. The van der Waals surface area contributed by atoms with Crippen molar-refractivity contribution in [2.75, 3.05) is 0 Å². The van der Waals surface area contributed by atoms with Gasteiger partial charge in [0.25, 0.3) is 0 Å². The SMILES string of the molecule is Cc1ccc(CC(C)NCc2c(C)nc3sc(C)cn23)s1. The third-order valence-electron chi connectivity index (χ3n) is 3.66. The lowest BCUT2D eigenvalue weighted by molar-refractivity contribution is 0.540. The molecule has 112 valence electrons. The van der Waals surface area contributed by atoms with Crippen LogP contribution in [0.3, 0.4) is 0 Å². The summed E-state index contributed by atoms with van der Waals surface area (Å²) in [5.74, 6) is 0. The minimum absolute atomic E-state index is 0.465. The van der Waals surface area contributed by atoms with Gasteiger partial charge in [-0.15, -0.1) is 22.7 Å². The molecule has 3 aromatic heterocycles. The number of nitrogens with zero attached hydrogens (tertiary/aromatic N) is 2. The van der Waals surface area contributed by atoms with Gasteiger partial charge in [-0.2, -0.15) is 0 Å². The van der Waals surface area contributed by atoms with Gasteiger partial charge in [0, 0.05) is 33.4 Å². The summed E-state index contributed by atoms with van der Waals surface area (Å²) in [7, 11) is 0. The molecule has 3 heterocycles. The maximum atomic E-state index is 4.64. The van der Waals surface area contributed by atoms with Crippen molar-refractivity contribution in [1.82, 2.24) is 14.7 Å². The summed E-state index contributed by atoms with van der Waals surface area (Å²) < 4.78 is 2.23. The van der Waals surface area contributed by atoms with Crippen molar-refractivity contribution in [1.29, 1.82) is 0 Å². The third-order valence-corrected chi connectivity index (χ3v) is 5.58. The standard InChI is InChI=1S/C16H21N3S2/c1-10(7-14-6-5-11(2)20-14)17-8-15-13(4)18-16-19(15)9-12(3)21-16/h5-6,9-10,17H,7-8H2,1-4H3. The Morgan fingerprint density at radius 1 is 1.19 bits per heavy atom. The van der Waals surface area contributed by atoms with Crippen LogP contribution in [0.5, 0.6) is 0 Å². The summed E-state index contributed by atoms with van der Waals surface area (Å²) in [6.07, 6.45) is 3.27. The minimum atomic E-state index is 0.465. The zero-order chi connectivity index (χ0) is 15.0. The van der Waals surface area contributed by atoms with Gasteiger partial charge in [0.1, 0.15) is 0 Å². The number of hydrogen-bond acceptors (Lipinski definition) is 4. The van der Waals surface area contributed by atoms with E-state index in [1.165, 1.54) is 20.3 Å². The Balaban J connectivity index is 1.66. The van der Waals surface area contributed by atoms with E-state index >= 15 is 0 Å². The molecule has 3 aromatic rings. The van der Waals surface area contributed by atoms with Crippen LogP contribution in [0.25, 0.3) is 4.96 Å². The Hall–Kier alpha value is -1.17. The predicted octanol–water partition coefficient (Wildman–Crippen LogP) is 4.10. The van der Waals surface area contributed by atoms with Gasteiger partial charge in [-0.25, -0.2) is 4.98 Å². The van der Waals surface area contributed by atoms with Crippen LogP contribution in [0.1, 0.15) is 32.9 Å². The van der Waals surface area contributed by atoms with Crippen molar-refractivity contribution < 1.29 is 0 Å². The van der Waals surface area contributed by atoms with E-state index < -0.39 is 0 Å². The molecule has 0 saturated carbocycles. The molecular formula is C16H21N3S2. The number of thiazole rings is 1. The lowest BCUT2D eigenvalue weighted by Crippen LogP contribution is -2.28. The molecule has 3 nitrogen and oxygen atoms in total. The van der Waals surface area contributed by atoms with Crippen LogP contribution in [-0.2, 0) is 13.0 Å². The first-order chi connectivity index (χ1) is 10.0. The van der Waals surface area contributed by atoms with Gasteiger partial charge in [0.2, 0.25) is 0 Å². The topological polar surface area (TPSA) is 29.3 Å². The van der Waals surface area contributed by atoms with E-state index in [1.54, 1.807) is 11.3 Å². The van der Waals surface area contributed by atoms with E-state index in [2.05, 4.69) is 60.7 Å². The van der Waals surface area contributed by atoms with Crippen LogP contribution >= 0.6 is 22.7 Å². The number of imidazole rings is 1. The maximum Gasteiger partial charge on any atom is 0.194 e. The lowest BCUT2D eigenvalue weighted by atomic mass is 10.2. The highest BCUT2D eigenvalue weighted by atomic mass is 32.1. The smallest absolute Gasteiger partial charge is 0.194 e. The molecule has 0 amide bonds. The molecule has 3 rings (SSSR count). The van der Waals surface area contributed by atoms with Crippen LogP contribution < -0.4 is 5.32 Å². The normalized spacial score (nSPS) is 13.1. The average molecular weight is 319 g/mol. The first-order valence-corrected chi connectivity index (χ1v) is 8.89. The number of aromatic nitrogens is 2. The number of hydrogen-bond donors (Lipinski definition) is 1. The van der Waals surface area contributed by atoms with Crippen LogP contribution in [-0.4, -0.2) is 15.4 Å². The first kappa shape index (κ1) is 14.8. The summed E-state index contributed by atoms with van der Waals surface area (Å²) in [6.45, 7) is 9.51. The molecule has 1 atom stereocenters. The summed E-state index contributed by atoms with van der Waals surface area (Å²) in [5.41, 5.74) is 2.41. The molecule has 0 aliphatic heterocycles. The van der Waals surface area contributed by atoms with Crippen LogP contribution in [0.4, 0.5) is 0 Å². The molecule has 0 aliphatic carbocycles. The maximum absolute atomic E-state index is 4.64. The van der Waals surface area contributed by atoms with Crippen molar-refractivity contribution in [3.8, 4) is 0 Å². The van der Waals surface area contributed by atoms with Crippen molar-refractivity contribution in [2.45, 2.75) is 46.7 Å². The van der Waals surface area contributed by atoms with Gasteiger partial charge in [0.15, 0.2) is 4.96 Å². The molecule has 1 N–H and O–H groups in total. The van der Waals surface area contributed by atoms with E-state index in [4.69, 9.17) is 0 Å². The Labute approximate surface area is 133 Å². The fourth-order valence-corrected chi connectivity index (χ4v) is 4.47. The highest BCUT2D eigenvalue weighted by Gasteiger charge is 2.12. The predicted molar refractivity (Wildman–Crippen MR) is 91.6 cm³/mol. The molecule has 0 bridgehead atoms. The average Bonchev–Trinajstić information content (AvgIpc) is 3.03. The highest BCUT2D eigenvalue weighted by Crippen LogP contribution is 2.21. The van der Waals surface area contributed by atoms with Crippen molar-refractivity contribution in [3.63, 3.8) is 0 Å². The quantitative estimate of drug-likeness (QED) is 0.767. The molecule has 0 fully saturated rings. The number of rotatable bonds is 5. The Kier molecular flexibility index (Phi) is 4.15. The van der Waals surface area contributed by atoms with Gasteiger partial charge < -0.3 is 5.32 Å². The number of nitrogens with one attached hydrogen (secondary N) is 1. The molecule has 0 radical (unpaired) electrons. The summed E-state index contributed by atoms with van der Waals surface area (Å²) in [4.78, 5) is 9.89. The van der Waals surface area contributed by atoms with Crippen molar-refractivity contribution in [3.05, 3.63) is 44.3 Å². The first-order valence-electron chi connectivity index (χ1n) is 7.25. The second kappa shape index (κ2) is 5.91. The molecule has 5 heteroatoms. The third kappa shape index (κ3) is 3.20. The van der Waals surface area contributed by atoms with Gasteiger partial charge in [0.05, 0.1) is 11.4 Å². The fraction of sp³-hybridized carbons (Fsp3) is 0.438. The van der Waals surface area contributed by atoms with Crippen molar-refractivity contribution in [2.24, 2.45) is 0 Å². The Bertz CT molecular complexity index is 751. The number of aryl methyl sites for hydroxylation is 3. The lowest BCUT2D eigenvalue weighted by Gasteiger charge is -2.13. The Morgan fingerprint density at radius 3 is 2.71 bits per heavy atom. The van der Waals surface area contributed by atoms with Gasteiger partial charge in [-0.3, -0.25) is 4.40 Å². The second-order valence-corrected chi connectivity index (χ2v) is 8.22.